The summed E-state index contributed by atoms with van der Waals surface area (Å²) in [7, 11) is 0. The lowest BCUT2D eigenvalue weighted by Crippen LogP contribution is -2.52. The van der Waals surface area contributed by atoms with Gasteiger partial charge < -0.3 is 10.2 Å². The summed E-state index contributed by atoms with van der Waals surface area (Å²) in [6.45, 7) is 4.73. The van der Waals surface area contributed by atoms with Crippen molar-refractivity contribution in [2.45, 2.75) is 19.4 Å². The summed E-state index contributed by atoms with van der Waals surface area (Å²) < 4.78 is 1.18. The van der Waals surface area contributed by atoms with E-state index in [1.54, 1.807) is 0 Å². The van der Waals surface area contributed by atoms with Gasteiger partial charge in [-0.25, -0.2) is 0 Å². The normalized spacial score (nSPS) is 19.2. The minimum absolute atomic E-state index is 0. The van der Waals surface area contributed by atoms with Gasteiger partial charge in [-0.2, -0.15) is 0 Å². The number of carbonyl (C=O) groups excluding carboxylic acids is 1. The Morgan fingerprint density at radius 2 is 2.33 bits per heavy atom. The molecule has 1 atom stereocenters. The maximum Gasteiger partial charge on any atom is 0.227 e. The summed E-state index contributed by atoms with van der Waals surface area (Å²) in [6.07, 6.45) is 0.515. The molecule has 0 aromatic heterocycles. The maximum absolute atomic E-state index is 12.2. The number of hydrogen-bond donors (Lipinski definition) is 1. The molecule has 1 aliphatic rings. The SMILES string of the molecule is CC1CNCCN1C(=O)Cc1cccc(I)c1.Cl. The number of nitrogens with one attached hydrogen (secondary N) is 1. The third-order valence-electron chi connectivity index (χ3n) is 3.07. The van der Waals surface area contributed by atoms with E-state index in [-0.39, 0.29) is 18.3 Å². The monoisotopic (exact) mass is 380 g/mol. The van der Waals surface area contributed by atoms with Crippen LogP contribution in [-0.4, -0.2) is 36.5 Å². The predicted molar refractivity (Wildman–Crippen MR) is 84.2 cm³/mol. The largest absolute Gasteiger partial charge is 0.337 e. The highest BCUT2D eigenvalue weighted by Gasteiger charge is 2.22. The van der Waals surface area contributed by atoms with E-state index in [0.29, 0.717) is 12.5 Å². The van der Waals surface area contributed by atoms with Crippen molar-refractivity contribution in [1.29, 1.82) is 0 Å². The molecule has 100 valence electrons. The first-order valence-electron chi connectivity index (χ1n) is 5.91. The molecular weight excluding hydrogens is 363 g/mol. The molecule has 1 amide bonds. The third kappa shape index (κ3) is 4.10. The second-order valence-corrected chi connectivity index (χ2v) is 5.69. The quantitative estimate of drug-likeness (QED) is 0.797. The van der Waals surface area contributed by atoms with Gasteiger partial charge in [0.2, 0.25) is 5.91 Å². The van der Waals surface area contributed by atoms with Crippen molar-refractivity contribution in [3.05, 3.63) is 33.4 Å². The molecule has 3 nitrogen and oxygen atoms in total. The molecule has 0 radical (unpaired) electrons. The fourth-order valence-corrected chi connectivity index (χ4v) is 2.74. The van der Waals surface area contributed by atoms with Crippen LogP contribution in [0, 0.1) is 3.57 Å². The van der Waals surface area contributed by atoms with Gasteiger partial charge in [0, 0.05) is 29.2 Å². The number of piperazine rings is 1. The molecule has 1 unspecified atom stereocenters. The highest BCUT2D eigenvalue weighted by Crippen LogP contribution is 2.11. The second-order valence-electron chi connectivity index (χ2n) is 4.45. The summed E-state index contributed by atoms with van der Waals surface area (Å²) in [5, 5.41) is 3.30. The van der Waals surface area contributed by atoms with Crippen molar-refractivity contribution < 1.29 is 4.79 Å². The van der Waals surface area contributed by atoms with Crippen molar-refractivity contribution >= 4 is 40.9 Å². The van der Waals surface area contributed by atoms with Crippen LogP contribution in [0.1, 0.15) is 12.5 Å². The molecule has 0 saturated carbocycles. The van der Waals surface area contributed by atoms with Crippen LogP contribution in [0.5, 0.6) is 0 Å². The van der Waals surface area contributed by atoms with Crippen molar-refractivity contribution in [1.82, 2.24) is 10.2 Å². The van der Waals surface area contributed by atoms with Gasteiger partial charge in [-0.05, 0) is 47.2 Å². The zero-order valence-corrected chi connectivity index (χ0v) is 13.3. The Morgan fingerprint density at radius 1 is 1.56 bits per heavy atom. The van der Waals surface area contributed by atoms with Gasteiger partial charge in [0.05, 0.1) is 6.42 Å². The Hall–Kier alpha value is -0.330. The number of rotatable bonds is 2. The lowest BCUT2D eigenvalue weighted by atomic mass is 10.1. The minimum atomic E-state index is 0. The zero-order valence-electron chi connectivity index (χ0n) is 10.4. The van der Waals surface area contributed by atoms with E-state index in [4.69, 9.17) is 0 Å². The molecule has 1 aliphatic heterocycles. The van der Waals surface area contributed by atoms with E-state index in [1.807, 2.05) is 23.1 Å². The summed E-state index contributed by atoms with van der Waals surface area (Å²) in [6, 6.07) is 8.45. The van der Waals surface area contributed by atoms with Crippen LogP contribution < -0.4 is 5.32 Å². The van der Waals surface area contributed by atoms with Crippen LogP contribution in [-0.2, 0) is 11.2 Å². The van der Waals surface area contributed by atoms with Crippen LogP contribution in [0.4, 0.5) is 0 Å². The average molecular weight is 381 g/mol. The number of halogens is 2. The second kappa shape index (κ2) is 7.31. The fourth-order valence-electron chi connectivity index (χ4n) is 2.13. The Kier molecular flexibility index (Phi) is 6.38. The van der Waals surface area contributed by atoms with Gasteiger partial charge in [0.25, 0.3) is 0 Å². The number of benzene rings is 1. The van der Waals surface area contributed by atoms with Crippen LogP contribution >= 0.6 is 35.0 Å². The standard InChI is InChI=1S/C13H17IN2O.ClH/c1-10-9-15-5-6-16(10)13(17)8-11-3-2-4-12(14)7-11;/h2-4,7,10,15H,5-6,8-9H2,1H3;1H. The lowest BCUT2D eigenvalue weighted by Gasteiger charge is -2.34. The summed E-state index contributed by atoms with van der Waals surface area (Å²) in [5.41, 5.74) is 1.10. The Balaban J connectivity index is 0.00000162. The topological polar surface area (TPSA) is 32.3 Å². The number of amides is 1. The molecule has 5 heteroatoms. The van der Waals surface area contributed by atoms with E-state index in [9.17, 15) is 4.79 Å². The smallest absolute Gasteiger partial charge is 0.227 e. The summed E-state index contributed by atoms with van der Waals surface area (Å²) in [5.74, 6) is 0.237. The molecule has 0 aliphatic carbocycles. The Labute approximate surface area is 128 Å². The van der Waals surface area contributed by atoms with Crippen LogP contribution in [0.15, 0.2) is 24.3 Å². The van der Waals surface area contributed by atoms with Gasteiger partial charge >= 0.3 is 0 Å². The molecule has 1 saturated heterocycles. The highest BCUT2D eigenvalue weighted by molar-refractivity contribution is 14.1. The Morgan fingerprint density at radius 3 is 3.00 bits per heavy atom. The maximum atomic E-state index is 12.2. The molecule has 0 bridgehead atoms. The van der Waals surface area contributed by atoms with Crippen molar-refractivity contribution in [2.24, 2.45) is 0 Å². The number of nitrogens with zero attached hydrogens (tertiary/aromatic N) is 1. The molecule has 2 rings (SSSR count). The molecule has 18 heavy (non-hydrogen) atoms. The molecule has 1 N–H and O–H groups in total. The molecule has 1 fully saturated rings. The zero-order chi connectivity index (χ0) is 12.3. The van der Waals surface area contributed by atoms with E-state index in [2.05, 4.69) is 40.9 Å². The number of hydrogen-bond acceptors (Lipinski definition) is 2. The predicted octanol–water partition coefficient (Wildman–Crippen LogP) is 2.08. The van der Waals surface area contributed by atoms with Crippen LogP contribution in [0.25, 0.3) is 0 Å². The van der Waals surface area contributed by atoms with Crippen molar-refractivity contribution in [2.75, 3.05) is 19.6 Å². The first kappa shape index (κ1) is 15.7. The Bertz CT molecular complexity index is 414. The summed E-state index contributed by atoms with van der Waals surface area (Å²) >= 11 is 2.28. The van der Waals surface area contributed by atoms with Crippen molar-refractivity contribution in [3.8, 4) is 0 Å². The molecule has 1 aromatic carbocycles. The first-order valence-corrected chi connectivity index (χ1v) is 6.99. The van der Waals surface area contributed by atoms with Gasteiger partial charge in [-0.1, -0.05) is 12.1 Å². The summed E-state index contributed by atoms with van der Waals surface area (Å²) in [4.78, 5) is 14.2. The lowest BCUT2D eigenvalue weighted by molar-refractivity contribution is -0.133. The fraction of sp³-hybridized carbons (Fsp3) is 0.462. The van der Waals surface area contributed by atoms with Crippen molar-refractivity contribution in [3.63, 3.8) is 0 Å². The minimum Gasteiger partial charge on any atom is -0.337 e. The molecule has 0 spiro atoms. The van der Waals surface area contributed by atoms with E-state index in [0.717, 1.165) is 25.2 Å². The number of carbonyl (C=O) groups is 1. The average Bonchev–Trinajstić information content (AvgIpc) is 2.29. The van der Waals surface area contributed by atoms with E-state index in [1.165, 1.54) is 3.57 Å². The highest BCUT2D eigenvalue weighted by atomic mass is 127. The molecular formula is C13H18ClIN2O. The molecule has 1 aromatic rings. The third-order valence-corrected chi connectivity index (χ3v) is 3.74. The van der Waals surface area contributed by atoms with Gasteiger partial charge in [-0.3, -0.25) is 4.79 Å². The van der Waals surface area contributed by atoms with Crippen LogP contribution in [0.2, 0.25) is 0 Å². The first-order chi connectivity index (χ1) is 8.16. The molecule has 1 heterocycles. The van der Waals surface area contributed by atoms with Gasteiger partial charge in [-0.15, -0.1) is 12.4 Å². The van der Waals surface area contributed by atoms with Crippen LogP contribution in [0.3, 0.4) is 0 Å². The van der Waals surface area contributed by atoms with E-state index < -0.39 is 0 Å². The van der Waals surface area contributed by atoms with E-state index >= 15 is 0 Å². The van der Waals surface area contributed by atoms with Gasteiger partial charge in [0.15, 0.2) is 0 Å². The van der Waals surface area contributed by atoms with Gasteiger partial charge in [0.1, 0.15) is 0 Å².